The number of benzene rings is 3. The van der Waals surface area contributed by atoms with Crippen LogP contribution in [0.25, 0.3) is 0 Å². The monoisotopic (exact) mass is 619 g/mol. The van der Waals surface area contributed by atoms with E-state index in [1.54, 1.807) is 74.5 Å². The van der Waals surface area contributed by atoms with Crippen LogP contribution in [0.4, 0.5) is 5.69 Å². The van der Waals surface area contributed by atoms with Crippen molar-refractivity contribution in [3.63, 3.8) is 0 Å². The van der Waals surface area contributed by atoms with E-state index in [1.165, 1.54) is 17.0 Å². The fraction of sp³-hybridized carbons (Fsp3) is 0.333. The van der Waals surface area contributed by atoms with Gasteiger partial charge in [0.15, 0.2) is 0 Å². The summed E-state index contributed by atoms with van der Waals surface area (Å²) in [5.41, 5.74) is 0.270. The third-order valence-corrected chi connectivity index (χ3v) is 8.56. The molecule has 0 saturated heterocycles. The Bertz CT molecular complexity index is 1480. The number of amides is 2. The van der Waals surface area contributed by atoms with Crippen LogP contribution >= 0.6 is 23.2 Å². The number of hydrogen-bond donors (Lipinski definition) is 1. The summed E-state index contributed by atoms with van der Waals surface area (Å²) >= 11 is 12.3. The van der Waals surface area contributed by atoms with Gasteiger partial charge in [-0.15, -0.1) is 0 Å². The number of halogens is 2. The van der Waals surface area contributed by atoms with Crippen molar-refractivity contribution in [3.05, 3.63) is 88.4 Å². The van der Waals surface area contributed by atoms with Crippen molar-refractivity contribution in [1.29, 1.82) is 0 Å². The minimum atomic E-state index is -4.22. The second-order valence-electron chi connectivity index (χ2n) is 10.4. The summed E-state index contributed by atoms with van der Waals surface area (Å²) < 4.78 is 34.7. The van der Waals surface area contributed by atoms with Gasteiger partial charge in [-0.2, -0.15) is 0 Å². The molecule has 0 heterocycles. The van der Waals surface area contributed by atoms with E-state index in [2.05, 4.69) is 5.32 Å². The summed E-state index contributed by atoms with van der Waals surface area (Å²) in [6.07, 6.45) is 0. The molecule has 11 heteroatoms. The predicted octanol–water partition coefficient (Wildman–Crippen LogP) is 5.92. The number of nitrogens with one attached hydrogen (secondary N) is 1. The van der Waals surface area contributed by atoms with Crippen molar-refractivity contribution in [2.45, 2.75) is 57.6 Å². The topological polar surface area (TPSA) is 96.0 Å². The van der Waals surface area contributed by atoms with Crippen LogP contribution in [0.2, 0.25) is 10.0 Å². The smallest absolute Gasteiger partial charge is 0.264 e. The average Bonchev–Trinajstić information content (AvgIpc) is 2.92. The Morgan fingerprint density at radius 2 is 1.59 bits per heavy atom. The molecule has 3 aromatic carbocycles. The average molecular weight is 621 g/mol. The van der Waals surface area contributed by atoms with Gasteiger partial charge in [0.25, 0.3) is 10.0 Å². The Labute approximate surface area is 252 Å². The maximum atomic E-state index is 14.1. The number of ether oxygens (including phenoxy) is 1. The van der Waals surface area contributed by atoms with Crippen molar-refractivity contribution in [3.8, 4) is 5.75 Å². The molecule has 0 unspecified atom stereocenters. The first kappa shape index (κ1) is 32.2. The lowest BCUT2D eigenvalue weighted by molar-refractivity contribution is -0.140. The lowest BCUT2D eigenvalue weighted by Crippen LogP contribution is -2.54. The predicted molar refractivity (Wildman–Crippen MR) is 163 cm³/mol. The van der Waals surface area contributed by atoms with Crippen LogP contribution in [0.1, 0.15) is 40.2 Å². The zero-order valence-corrected chi connectivity index (χ0v) is 26.1. The third-order valence-electron chi connectivity index (χ3n) is 6.05. The van der Waals surface area contributed by atoms with Crippen LogP contribution in [-0.4, -0.2) is 49.9 Å². The molecule has 0 radical (unpaired) electrons. The Morgan fingerprint density at radius 3 is 2.20 bits per heavy atom. The van der Waals surface area contributed by atoms with Crippen molar-refractivity contribution < 1.29 is 22.7 Å². The highest BCUT2D eigenvalue weighted by molar-refractivity contribution is 7.92. The zero-order chi connectivity index (χ0) is 30.4. The van der Waals surface area contributed by atoms with Gasteiger partial charge in [0.2, 0.25) is 11.8 Å². The minimum absolute atomic E-state index is 0.00802. The molecule has 8 nitrogen and oxygen atoms in total. The highest BCUT2D eigenvalue weighted by atomic mass is 35.5. The van der Waals surface area contributed by atoms with E-state index in [9.17, 15) is 18.0 Å². The highest BCUT2D eigenvalue weighted by Gasteiger charge is 2.34. The molecule has 0 bridgehead atoms. The first-order valence-corrected chi connectivity index (χ1v) is 15.3. The molecule has 0 aliphatic rings. The number of anilines is 1. The summed E-state index contributed by atoms with van der Waals surface area (Å²) in [4.78, 5) is 28.6. The SMILES string of the molecule is CCOc1ccccc1N(CC(=O)N(Cc1ccc(Cl)c(Cl)c1)[C@H](C)C(=O)NC(C)(C)C)S(=O)(=O)c1ccccc1. The molecular formula is C30H35Cl2N3O5S. The lowest BCUT2D eigenvalue weighted by atomic mass is 10.1. The van der Waals surface area contributed by atoms with Gasteiger partial charge in [0, 0.05) is 12.1 Å². The number of rotatable bonds is 11. The van der Waals surface area contributed by atoms with Gasteiger partial charge in [0.05, 0.1) is 27.2 Å². The Hall–Kier alpha value is -3.27. The fourth-order valence-corrected chi connectivity index (χ4v) is 5.83. The third kappa shape index (κ3) is 8.38. The van der Waals surface area contributed by atoms with E-state index in [0.29, 0.717) is 21.4 Å². The van der Waals surface area contributed by atoms with E-state index >= 15 is 0 Å². The molecule has 0 saturated carbocycles. The van der Waals surface area contributed by atoms with Crippen LogP contribution < -0.4 is 14.4 Å². The number of hydrogen-bond acceptors (Lipinski definition) is 5. The molecule has 1 atom stereocenters. The molecule has 0 aromatic heterocycles. The standard InChI is InChI=1S/C30H35Cl2N3O5S/c1-6-40-27-15-11-10-14-26(27)35(41(38,39)23-12-8-7-9-13-23)20-28(36)34(21(2)29(37)33-30(3,4)5)19-22-16-17-24(31)25(32)18-22/h7-18,21H,6,19-20H2,1-5H3,(H,33,37)/t21-/m1/s1. The number of para-hydroxylation sites is 2. The second kappa shape index (κ2) is 13.6. The van der Waals surface area contributed by atoms with Gasteiger partial charge in [-0.05, 0) is 76.6 Å². The van der Waals surface area contributed by atoms with Crippen LogP contribution in [0, 0.1) is 0 Å². The maximum Gasteiger partial charge on any atom is 0.264 e. The number of carbonyl (C=O) groups excluding carboxylic acids is 2. The number of sulfonamides is 1. The van der Waals surface area contributed by atoms with E-state index < -0.39 is 40.0 Å². The summed E-state index contributed by atoms with van der Waals surface area (Å²) in [5, 5.41) is 3.54. The molecular weight excluding hydrogens is 585 g/mol. The van der Waals surface area contributed by atoms with Crippen molar-refractivity contribution in [2.75, 3.05) is 17.5 Å². The van der Waals surface area contributed by atoms with Crippen LogP contribution in [0.3, 0.4) is 0 Å². The maximum absolute atomic E-state index is 14.1. The second-order valence-corrected chi connectivity index (χ2v) is 13.1. The largest absolute Gasteiger partial charge is 0.492 e. The Morgan fingerprint density at radius 1 is 0.951 bits per heavy atom. The Balaban J connectivity index is 2.09. The molecule has 220 valence electrons. The van der Waals surface area contributed by atoms with E-state index in [1.807, 2.05) is 20.8 Å². The normalized spacial score (nSPS) is 12.4. The first-order chi connectivity index (χ1) is 19.2. The molecule has 3 aromatic rings. The van der Waals surface area contributed by atoms with Gasteiger partial charge < -0.3 is 15.0 Å². The van der Waals surface area contributed by atoms with Crippen molar-refractivity contribution in [2.24, 2.45) is 0 Å². The van der Waals surface area contributed by atoms with E-state index in [0.717, 1.165) is 4.31 Å². The summed E-state index contributed by atoms with van der Waals surface area (Å²) in [6, 6.07) is 18.4. The molecule has 0 spiro atoms. The number of carbonyl (C=O) groups is 2. The molecule has 0 aliphatic carbocycles. The molecule has 0 fully saturated rings. The minimum Gasteiger partial charge on any atom is -0.492 e. The summed E-state index contributed by atoms with van der Waals surface area (Å²) in [5.74, 6) is -0.687. The lowest BCUT2D eigenvalue weighted by Gasteiger charge is -2.33. The van der Waals surface area contributed by atoms with Gasteiger partial charge in [-0.25, -0.2) is 8.42 Å². The molecule has 3 rings (SSSR count). The molecule has 41 heavy (non-hydrogen) atoms. The summed E-state index contributed by atoms with van der Waals surface area (Å²) in [7, 11) is -4.22. The Kier molecular flexibility index (Phi) is 10.7. The van der Waals surface area contributed by atoms with Gasteiger partial charge in [0.1, 0.15) is 18.3 Å². The van der Waals surface area contributed by atoms with Crippen molar-refractivity contribution in [1.82, 2.24) is 10.2 Å². The highest BCUT2D eigenvalue weighted by Crippen LogP contribution is 2.33. The fourth-order valence-electron chi connectivity index (χ4n) is 4.07. The zero-order valence-electron chi connectivity index (χ0n) is 23.7. The van der Waals surface area contributed by atoms with Crippen LogP contribution in [0.5, 0.6) is 5.75 Å². The van der Waals surface area contributed by atoms with Gasteiger partial charge >= 0.3 is 0 Å². The molecule has 1 N–H and O–H groups in total. The quantitative estimate of drug-likeness (QED) is 0.287. The first-order valence-electron chi connectivity index (χ1n) is 13.1. The number of nitrogens with zero attached hydrogens (tertiary/aromatic N) is 2. The molecule has 0 aliphatic heterocycles. The van der Waals surface area contributed by atoms with Crippen LogP contribution in [0.15, 0.2) is 77.7 Å². The van der Waals surface area contributed by atoms with Gasteiger partial charge in [-0.1, -0.05) is 59.6 Å². The van der Waals surface area contributed by atoms with E-state index in [-0.39, 0.29) is 23.7 Å². The van der Waals surface area contributed by atoms with E-state index in [4.69, 9.17) is 27.9 Å². The molecule has 2 amide bonds. The van der Waals surface area contributed by atoms with Crippen LogP contribution in [-0.2, 0) is 26.2 Å². The van der Waals surface area contributed by atoms with Crippen molar-refractivity contribution >= 4 is 50.7 Å². The van der Waals surface area contributed by atoms with Gasteiger partial charge in [-0.3, -0.25) is 13.9 Å². The summed E-state index contributed by atoms with van der Waals surface area (Å²) in [6.45, 7) is 8.58.